The van der Waals surface area contributed by atoms with Gasteiger partial charge >= 0.3 is 18.0 Å². The lowest BCUT2D eigenvalue weighted by atomic mass is 9.83. The lowest BCUT2D eigenvalue weighted by molar-refractivity contribution is -0.169. The van der Waals surface area contributed by atoms with E-state index in [-0.39, 0.29) is 25.4 Å². The van der Waals surface area contributed by atoms with Gasteiger partial charge in [0.25, 0.3) is 0 Å². The van der Waals surface area contributed by atoms with E-state index in [9.17, 15) is 19.5 Å². The number of carboxylic acid groups (broad SMARTS) is 1. The summed E-state index contributed by atoms with van der Waals surface area (Å²) in [5.74, 6) is -2.65. The van der Waals surface area contributed by atoms with Crippen LogP contribution < -0.4 is 0 Å². The van der Waals surface area contributed by atoms with Gasteiger partial charge < -0.3 is 14.6 Å². The number of benzene rings is 1. The van der Waals surface area contributed by atoms with Crippen molar-refractivity contribution in [2.24, 2.45) is 11.8 Å². The van der Waals surface area contributed by atoms with Crippen LogP contribution in [-0.4, -0.2) is 39.2 Å². The average molecular weight is 488 g/mol. The SMILES string of the molecule is CC(C)C[C@]1(C(=O)OC(C)(C)C)C[C@H](C(=O)O)[C@H](c2cccs2)N1C(=O)OCc1ccccc1. The number of esters is 1. The van der Waals surface area contributed by atoms with E-state index in [1.807, 2.05) is 55.6 Å². The van der Waals surface area contributed by atoms with Gasteiger partial charge in [0.1, 0.15) is 17.7 Å². The lowest BCUT2D eigenvalue weighted by Gasteiger charge is -2.40. The van der Waals surface area contributed by atoms with Gasteiger partial charge in [-0.15, -0.1) is 11.3 Å². The molecule has 0 bridgehead atoms. The van der Waals surface area contributed by atoms with Crippen molar-refractivity contribution in [2.45, 2.75) is 71.2 Å². The number of aliphatic carboxylic acids is 1. The van der Waals surface area contributed by atoms with Crippen LogP contribution in [0.15, 0.2) is 47.8 Å². The highest BCUT2D eigenvalue weighted by molar-refractivity contribution is 7.10. The van der Waals surface area contributed by atoms with E-state index in [2.05, 4.69) is 0 Å². The van der Waals surface area contributed by atoms with Crippen LogP contribution in [0, 0.1) is 11.8 Å². The Kier molecular flexibility index (Phi) is 7.70. The first-order chi connectivity index (χ1) is 15.9. The summed E-state index contributed by atoms with van der Waals surface area (Å²) in [5.41, 5.74) is -1.47. The van der Waals surface area contributed by atoms with E-state index >= 15 is 0 Å². The molecule has 3 atom stereocenters. The van der Waals surface area contributed by atoms with Gasteiger partial charge in [-0.2, -0.15) is 0 Å². The van der Waals surface area contributed by atoms with E-state index in [1.165, 1.54) is 16.2 Å². The summed E-state index contributed by atoms with van der Waals surface area (Å²) < 4.78 is 11.5. The molecule has 0 aliphatic carbocycles. The summed E-state index contributed by atoms with van der Waals surface area (Å²) in [5, 5.41) is 12.0. The van der Waals surface area contributed by atoms with Crippen LogP contribution in [0.1, 0.15) is 63.9 Å². The predicted molar refractivity (Wildman–Crippen MR) is 129 cm³/mol. The predicted octanol–water partition coefficient (Wildman–Crippen LogP) is 5.66. The Balaban J connectivity index is 2.10. The Morgan fingerprint density at radius 3 is 2.35 bits per heavy atom. The molecule has 2 aromatic rings. The molecule has 8 heteroatoms. The van der Waals surface area contributed by atoms with E-state index in [0.29, 0.717) is 4.88 Å². The summed E-state index contributed by atoms with van der Waals surface area (Å²) >= 11 is 1.36. The van der Waals surface area contributed by atoms with Gasteiger partial charge in [-0.25, -0.2) is 9.59 Å². The van der Waals surface area contributed by atoms with Crippen molar-refractivity contribution in [1.82, 2.24) is 4.90 Å². The van der Waals surface area contributed by atoms with Crippen LogP contribution in [0.5, 0.6) is 0 Å². The molecule has 3 rings (SSSR count). The second kappa shape index (κ2) is 10.2. The molecule has 1 N–H and O–H groups in total. The van der Waals surface area contributed by atoms with Crippen molar-refractivity contribution in [3.63, 3.8) is 0 Å². The molecule has 0 unspecified atom stereocenters. The molecule has 0 spiro atoms. The second-order valence-corrected chi connectivity index (χ2v) is 11.1. The maximum atomic E-state index is 13.7. The van der Waals surface area contributed by atoms with Crippen LogP contribution >= 0.6 is 11.3 Å². The molecule has 1 aromatic heterocycles. The first-order valence-corrected chi connectivity index (χ1v) is 12.3. The van der Waals surface area contributed by atoms with E-state index in [1.54, 1.807) is 26.8 Å². The lowest BCUT2D eigenvalue weighted by Crippen LogP contribution is -2.56. The molecule has 0 saturated carbocycles. The molecule has 0 radical (unpaired) electrons. The molecule has 2 heterocycles. The van der Waals surface area contributed by atoms with Gasteiger partial charge in [0.05, 0.1) is 12.0 Å². The van der Waals surface area contributed by atoms with Crippen LogP contribution in [-0.2, 0) is 25.7 Å². The fourth-order valence-electron chi connectivity index (χ4n) is 4.60. The Morgan fingerprint density at radius 2 is 1.82 bits per heavy atom. The van der Waals surface area contributed by atoms with Gasteiger partial charge in [0.15, 0.2) is 0 Å². The molecule has 1 aliphatic heterocycles. The quantitative estimate of drug-likeness (QED) is 0.507. The highest BCUT2D eigenvalue weighted by Gasteiger charge is 2.62. The maximum Gasteiger partial charge on any atom is 0.411 e. The van der Waals surface area contributed by atoms with Crippen LogP contribution in [0.25, 0.3) is 0 Å². The highest BCUT2D eigenvalue weighted by Crippen LogP contribution is 2.51. The number of carbonyl (C=O) groups excluding carboxylic acids is 2. The molecule has 1 amide bonds. The van der Waals surface area contributed by atoms with Gasteiger partial charge in [-0.1, -0.05) is 50.2 Å². The second-order valence-electron chi connectivity index (χ2n) is 10.2. The average Bonchev–Trinajstić information content (AvgIpc) is 3.38. The molecule has 1 saturated heterocycles. The number of carboxylic acids is 1. The molecule has 184 valence electrons. The minimum Gasteiger partial charge on any atom is -0.481 e. The molecule has 7 nitrogen and oxygen atoms in total. The summed E-state index contributed by atoms with van der Waals surface area (Å²) in [6, 6.07) is 12.0. The molecule has 34 heavy (non-hydrogen) atoms. The third-order valence-electron chi connectivity index (χ3n) is 5.76. The number of ether oxygens (including phenoxy) is 2. The van der Waals surface area contributed by atoms with E-state index < -0.39 is 41.1 Å². The van der Waals surface area contributed by atoms with Gasteiger partial charge in [0.2, 0.25) is 0 Å². The Hall–Kier alpha value is -2.87. The Bertz CT molecular complexity index is 998. The standard InChI is InChI=1S/C26H33NO6S/c1-17(2)14-26(23(30)33-25(3,4)5)15-19(22(28)29)21(20-12-9-13-34-20)27(26)24(31)32-16-18-10-7-6-8-11-18/h6-13,17,19,21H,14-16H2,1-5H3,(H,28,29)/t19-,21+,26+/m0/s1. The molecular formula is C26H33NO6S. The zero-order chi connectivity index (χ0) is 25.1. The summed E-state index contributed by atoms with van der Waals surface area (Å²) in [4.78, 5) is 41.9. The van der Waals surface area contributed by atoms with Crippen molar-refractivity contribution in [3.8, 4) is 0 Å². The summed E-state index contributed by atoms with van der Waals surface area (Å²) in [6.07, 6.45) is -0.510. The number of likely N-dealkylation sites (tertiary alicyclic amines) is 1. The number of rotatable bonds is 7. The van der Waals surface area contributed by atoms with Gasteiger partial charge in [-0.3, -0.25) is 9.69 Å². The number of hydrogen-bond acceptors (Lipinski definition) is 6. The normalized spacial score (nSPS) is 22.6. The van der Waals surface area contributed by atoms with E-state index in [0.717, 1.165) is 5.56 Å². The monoisotopic (exact) mass is 487 g/mol. The van der Waals surface area contributed by atoms with Gasteiger partial charge in [-0.05, 0) is 56.5 Å². The fourth-order valence-corrected chi connectivity index (χ4v) is 5.48. The Morgan fingerprint density at radius 1 is 1.15 bits per heavy atom. The first kappa shape index (κ1) is 25.7. The first-order valence-electron chi connectivity index (χ1n) is 11.4. The number of thiophene rings is 1. The fraction of sp³-hybridized carbons (Fsp3) is 0.500. The van der Waals surface area contributed by atoms with Crippen molar-refractivity contribution in [3.05, 3.63) is 58.3 Å². The largest absolute Gasteiger partial charge is 0.481 e. The van der Waals surface area contributed by atoms with Gasteiger partial charge in [0, 0.05) is 4.88 Å². The van der Waals surface area contributed by atoms with Crippen molar-refractivity contribution in [2.75, 3.05) is 0 Å². The number of amides is 1. The molecule has 1 aliphatic rings. The number of nitrogens with zero attached hydrogens (tertiary/aromatic N) is 1. The topological polar surface area (TPSA) is 93.1 Å². The summed E-state index contributed by atoms with van der Waals surface area (Å²) in [6.45, 7) is 9.16. The number of hydrogen-bond donors (Lipinski definition) is 1. The van der Waals surface area contributed by atoms with Crippen LogP contribution in [0.3, 0.4) is 0 Å². The van der Waals surface area contributed by atoms with Crippen molar-refractivity contribution in [1.29, 1.82) is 0 Å². The zero-order valence-corrected chi connectivity index (χ0v) is 21.1. The third-order valence-corrected chi connectivity index (χ3v) is 6.70. The zero-order valence-electron chi connectivity index (χ0n) is 20.3. The minimum atomic E-state index is -1.47. The highest BCUT2D eigenvalue weighted by atomic mass is 32.1. The Labute approximate surface area is 204 Å². The minimum absolute atomic E-state index is 0.00604. The molecule has 1 fully saturated rings. The van der Waals surface area contributed by atoms with Crippen LogP contribution in [0.2, 0.25) is 0 Å². The number of carbonyl (C=O) groups is 3. The molecule has 1 aromatic carbocycles. The van der Waals surface area contributed by atoms with Crippen LogP contribution in [0.4, 0.5) is 4.79 Å². The molecular weight excluding hydrogens is 454 g/mol. The maximum absolute atomic E-state index is 13.7. The third kappa shape index (κ3) is 5.60. The smallest absolute Gasteiger partial charge is 0.411 e. The summed E-state index contributed by atoms with van der Waals surface area (Å²) in [7, 11) is 0. The van der Waals surface area contributed by atoms with Crippen molar-refractivity contribution >= 4 is 29.4 Å². The van der Waals surface area contributed by atoms with Crippen molar-refractivity contribution < 1.29 is 29.0 Å². The van der Waals surface area contributed by atoms with E-state index in [4.69, 9.17) is 9.47 Å².